The molecule has 0 bridgehead atoms. The van der Waals surface area contributed by atoms with Crippen molar-refractivity contribution in [3.05, 3.63) is 0 Å². The van der Waals surface area contributed by atoms with Crippen molar-refractivity contribution in [1.82, 2.24) is 15.1 Å². The Morgan fingerprint density at radius 2 is 1.94 bits per heavy atom. The third-order valence-corrected chi connectivity index (χ3v) is 4.06. The second kappa shape index (κ2) is 5.83. The van der Waals surface area contributed by atoms with Gasteiger partial charge in [-0.1, -0.05) is 6.92 Å². The Kier molecular flexibility index (Phi) is 4.40. The molecule has 4 heteroatoms. The molecule has 0 aromatic heterocycles. The Bertz CT molecular complexity index is 261. The first kappa shape index (κ1) is 12.8. The number of carbonyl (C=O) groups excluding carboxylic acids is 1. The fraction of sp³-hybridized carbons (Fsp3) is 0.923. The van der Waals surface area contributed by atoms with Crippen molar-refractivity contribution in [3.8, 4) is 0 Å². The van der Waals surface area contributed by atoms with Crippen LogP contribution >= 0.6 is 0 Å². The fourth-order valence-corrected chi connectivity index (χ4v) is 2.93. The zero-order valence-electron chi connectivity index (χ0n) is 11.1. The quantitative estimate of drug-likeness (QED) is 0.781. The number of nitrogens with one attached hydrogen (secondary N) is 1. The van der Waals surface area contributed by atoms with Crippen LogP contribution in [0.2, 0.25) is 0 Å². The molecule has 0 aromatic carbocycles. The topological polar surface area (TPSA) is 35.6 Å². The fourth-order valence-electron chi connectivity index (χ4n) is 2.93. The first-order valence-corrected chi connectivity index (χ1v) is 6.91. The second-order valence-corrected chi connectivity index (χ2v) is 5.41. The number of piperidine rings is 1. The largest absolute Gasteiger partial charge is 0.341 e. The minimum absolute atomic E-state index is 0.284. The van der Waals surface area contributed by atoms with Gasteiger partial charge < -0.3 is 15.1 Å². The molecule has 0 spiro atoms. The molecule has 1 N–H and O–H groups in total. The maximum Gasteiger partial charge on any atom is 0.225 e. The summed E-state index contributed by atoms with van der Waals surface area (Å²) in [6, 6.07) is 0.523. The minimum Gasteiger partial charge on any atom is -0.341 e. The SMILES string of the molecule is CCNC1CCN(C(=O)C2CCN(C)CC2)C1. The van der Waals surface area contributed by atoms with Gasteiger partial charge in [-0.05, 0) is 45.9 Å². The third-order valence-electron chi connectivity index (χ3n) is 4.06. The normalized spacial score (nSPS) is 27.6. The van der Waals surface area contributed by atoms with Crippen LogP contribution in [0.3, 0.4) is 0 Å². The molecule has 2 aliphatic rings. The molecule has 0 aromatic rings. The van der Waals surface area contributed by atoms with E-state index in [1.54, 1.807) is 0 Å². The number of likely N-dealkylation sites (tertiary alicyclic amines) is 2. The summed E-state index contributed by atoms with van der Waals surface area (Å²) in [6.07, 6.45) is 3.20. The number of amides is 1. The average Bonchev–Trinajstić information content (AvgIpc) is 2.78. The summed E-state index contributed by atoms with van der Waals surface area (Å²) in [5.74, 6) is 0.685. The van der Waals surface area contributed by atoms with Crippen LogP contribution in [0.1, 0.15) is 26.2 Å². The van der Waals surface area contributed by atoms with E-state index in [1.165, 1.54) is 0 Å². The molecule has 1 amide bonds. The van der Waals surface area contributed by atoms with E-state index in [0.717, 1.165) is 52.0 Å². The minimum atomic E-state index is 0.284. The Balaban J connectivity index is 1.80. The first-order valence-electron chi connectivity index (χ1n) is 6.91. The van der Waals surface area contributed by atoms with E-state index in [9.17, 15) is 4.79 Å². The molecule has 2 aliphatic heterocycles. The van der Waals surface area contributed by atoms with Crippen molar-refractivity contribution >= 4 is 5.91 Å². The smallest absolute Gasteiger partial charge is 0.225 e. The zero-order chi connectivity index (χ0) is 12.3. The second-order valence-electron chi connectivity index (χ2n) is 5.41. The summed E-state index contributed by atoms with van der Waals surface area (Å²) in [4.78, 5) is 16.7. The van der Waals surface area contributed by atoms with Crippen molar-refractivity contribution in [3.63, 3.8) is 0 Å². The van der Waals surface area contributed by atoms with Gasteiger partial charge in [-0.25, -0.2) is 0 Å². The molecular formula is C13H25N3O. The summed E-state index contributed by atoms with van der Waals surface area (Å²) < 4.78 is 0. The van der Waals surface area contributed by atoms with Crippen LogP contribution in [-0.2, 0) is 4.79 Å². The number of hydrogen-bond donors (Lipinski definition) is 1. The molecule has 0 saturated carbocycles. The summed E-state index contributed by atoms with van der Waals surface area (Å²) in [5.41, 5.74) is 0. The lowest BCUT2D eigenvalue weighted by molar-refractivity contribution is -0.135. The van der Waals surface area contributed by atoms with Gasteiger partial charge in [0.1, 0.15) is 0 Å². The van der Waals surface area contributed by atoms with E-state index < -0.39 is 0 Å². The van der Waals surface area contributed by atoms with Crippen molar-refractivity contribution in [1.29, 1.82) is 0 Å². The Hall–Kier alpha value is -0.610. The lowest BCUT2D eigenvalue weighted by atomic mass is 9.96. The van der Waals surface area contributed by atoms with E-state index in [2.05, 4.69) is 29.1 Å². The number of carbonyl (C=O) groups is 1. The van der Waals surface area contributed by atoms with Crippen molar-refractivity contribution < 1.29 is 4.79 Å². The van der Waals surface area contributed by atoms with Gasteiger partial charge in [-0.15, -0.1) is 0 Å². The maximum absolute atomic E-state index is 12.3. The van der Waals surface area contributed by atoms with E-state index in [4.69, 9.17) is 0 Å². The van der Waals surface area contributed by atoms with Gasteiger partial charge in [0.05, 0.1) is 0 Å². The van der Waals surface area contributed by atoms with E-state index in [0.29, 0.717) is 11.9 Å². The van der Waals surface area contributed by atoms with Crippen LogP contribution in [0, 0.1) is 5.92 Å². The molecule has 2 rings (SSSR count). The Morgan fingerprint density at radius 3 is 2.59 bits per heavy atom. The van der Waals surface area contributed by atoms with E-state index >= 15 is 0 Å². The number of nitrogens with zero attached hydrogens (tertiary/aromatic N) is 2. The molecule has 0 radical (unpaired) electrons. The van der Waals surface area contributed by atoms with E-state index in [1.807, 2.05) is 0 Å². The van der Waals surface area contributed by atoms with Crippen LogP contribution in [0.15, 0.2) is 0 Å². The number of hydrogen-bond acceptors (Lipinski definition) is 3. The van der Waals surface area contributed by atoms with Crippen LogP contribution in [-0.4, -0.2) is 61.5 Å². The van der Waals surface area contributed by atoms with Gasteiger partial charge >= 0.3 is 0 Å². The summed E-state index contributed by atoms with van der Waals surface area (Å²) in [5, 5.41) is 3.44. The van der Waals surface area contributed by atoms with Crippen molar-refractivity contribution in [2.75, 3.05) is 39.8 Å². The maximum atomic E-state index is 12.3. The lowest BCUT2D eigenvalue weighted by Crippen LogP contribution is -2.42. The highest BCUT2D eigenvalue weighted by atomic mass is 16.2. The molecule has 1 atom stereocenters. The van der Waals surface area contributed by atoms with Crippen molar-refractivity contribution in [2.45, 2.75) is 32.2 Å². The first-order chi connectivity index (χ1) is 8.20. The predicted octanol–water partition coefficient (Wildman–Crippen LogP) is 0.539. The summed E-state index contributed by atoms with van der Waals surface area (Å²) in [6.45, 7) is 7.13. The molecule has 1 unspecified atom stereocenters. The molecule has 17 heavy (non-hydrogen) atoms. The van der Waals surface area contributed by atoms with Crippen LogP contribution in [0.4, 0.5) is 0 Å². The standard InChI is InChI=1S/C13H25N3O/c1-3-14-12-6-9-16(10-12)13(17)11-4-7-15(2)8-5-11/h11-12,14H,3-10H2,1-2H3. The van der Waals surface area contributed by atoms with Crippen LogP contribution in [0.5, 0.6) is 0 Å². The highest BCUT2D eigenvalue weighted by Gasteiger charge is 2.31. The highest BCUT2D eigenvalue weighted by molar-refractivity contribution is 5.79. The predicted molar refractivity (Wildman–Crippen MR) is 68.9 cm³/mol. The van der Waals surface area contributed by atoms with Crippen LogP contribution < -0.4 is 5.32 Å². The summed E-state index contributed by atoms with van der Waals surface area (Å²) in [7, 11) is 2.14. The van der Waals surface area contributed by atoms with Gasteiger partial charge in [-0.2, -0.15) is 0 Å². The monoisotopic (exact) mass is 239 g/mol. The lowest BCUT2D eigenvalue weighted by Gasteiger charge is -2.30. The summed E-state index contributed by atoms with van der Waals surface area (Å²) >= 11 is 0. The van der Waals surface area contributed by atoms with E-state index in [-0.39, 0.29) is 5.92 Å². The molecule has 2 heterocycles. The Labute approximate surface area is 104 Å². The van der Waals surface area contributed by atoms with Gasteiger partial charge in [0.15, 0.2) is 0 Å². The zero-order valence-corrected chi connectivity index (χ0v) is 11.1. The van der Waals surface area contributed by atoms with Crippen molar-refractivity contribution in [2.24, 2.45) is 5.92 Å². The molecule has 2 fully saturated rings. The van der Waals surface area contributed by atoms with Crippen LogP contribution in [0.25, 0.3) is 0 Å². The van der Waals surface area contributed by atoms with Gasteiger partial charge in [0.25, 0.3) is 0 Å². The number of rotatable bonds is 3. The highest BCUT2D eigenvalue weighted by Crippen LogP contribution is 2.21. The molecule has 2 saturated heterocycles. The molecule has 0 aliphatic carbocycles. The number of likely N-dealkylation sites (N-methyl/N-ethyl adjacent to an activating group) is 1. The molecule has 4 nitrogen and oxygen atoms in total. The molecular weight excluding hydrogens is 214 g/mol. The van der Waals surface area contributed by atoms with Gasteiger partial charge in [0.2, 0.25) is 5.91 Å². The molecule has 98 valence electrons. The van der Waals surface area contributed by atoms with Gasteiger partial charge in [-0.3, -0.25) is 4.79 Å². The third kappa shape index (κ3) is 3.19. The Morgan fingerprint density at radius 1 is 1.24 bits per heavy atom. The average molecular weight is 239 g/mol. The van der Waals surface area contributed by atoms with Gasteiger partial charge in [0, 0.05) is 25.0 Å².